The van der Waals surface area contributed by atoms with Gasteiger partial charge in [0.2, 0.25) is 0 Å². The zero-order valence-electron chi connectivity index (χ0n) is 14.9. The molecule has 0 radical (unpaired) electrons. The molecule has 0 unspecified atom stereocenters. The fourth-order valence-electron chi connectivity index (χ4n) is 2.88. The Bertz CT molecular complexity index is 694. The first-order valence-corrected chi connectivity index (χ1v) is 8.42. The third-order valence-corrected chi connectivity index (χ3v) is 4.40. The Morgan fingerprint density at radius 3 is 2.00 bits per heavy atom. The van der Waals surface area contributed by atoms with Crippen molar-refractivity contribution < 1.29 is 10.2 Å². The molecule has 2 aromatic carbocycles. The summed E-state index contributed by atoms with van der Waals surface area (Å²) >= 11 is 0. The van der Waals surface area contributed by atoms with E-state index in [1.54, 1.807) is 6.07 Å². The van der Waals surface area contributed by atoms with Crippen LogP contribution in [0.1, 0.15) is 62.4 Å². The molecule has 0 fully saturated rings. The molecule has 23 heavy (non-hydrogen) atoms. The average molecular weight is 312 g/mol. The molecule has 0 atom stereocenters. The third kappa shape index (κ3) is 3.87. The van der Waals surface area contributed by atoms with Gasteiger partial charge in [-0.15, -0.1) is 0 Å². The van der Waals surface area contributed by atoms with E-state index in [1.165, 1.54) is 11.1 Å². The molecule has 2 aromatic rings. The smallest absolute Gasteiger partial charge is 0.122 e. The van der Waals surface area contributed by atoms with E-state index in [2.05, 4.69) is 46.8 Å². The van der Waals surface area contributed by atoms with Gasteiger partial charge in [-0.2, -0.15) is 0 Å². The van der Waals surface area contributed by atoms with Gasteiger partial charge >= 0.3 is 0 Å². The maximum absolute atomic E-state index is 10.7. The Labute approximate surface area is 139 Å². The third-order valence-electron chi connectivity index (χ3n) is 4.40. The highest BCUT2D eigenvalue weighted by atomic mass is 16.3. The molecule has 0 amide bonds. The molecule has 0 heterocycles. The van der Waals surface area contributed by atoms with Gasteiger partial charge < -0.3 is 10.2 Å². The summed E-state index contributed by atoms with van der Waals surface area (Å²) < 4.78 is 0. The van der Waals surface area contributed by atoms with Crippen LogP contribution in [0.25, 0.3) is 0 Å². The number of benzene rings is 2. The first-order chi connectivity index (χ1) is 10.8. The van der Waals surface area contributed by atoms with Gasteiger partial charge in [0, 0.05) is 6.42 Å². The normalized spacial score (nSPS) is 11.7. The Kier molecular flexibility index (Phi) is 5.03. The first kappa shape index (κ1) is 17.4. The molecule has 0 saturated heterocycles. The second-order valence-electron chi connectivity index (χ2n) is 7.25. The topological polar surface area (TPSA) is 40.5 Å². The summed E-state index contributed by atoms with van der Waals surface area (Å²) in [5.74, 6) is 0.650. The lowest BCUT2D eigenvalue weighted by molar-refractivity contribution is 0.439. The van der Waals surface area contributed by atoms with Crippen molar-refractivity contribution in [3.63, 3.8) is 0 Å². The van der Waals surface area contributed by atoms with Crippen molar-refractivity contribution in [1.29, 1.82) is 0 Å². The van der Waals surface area contributed by atoms with Crippen molar-refractivity contribution in [3.05, 3.63) is 58.1 Å². The minimum Gasteiger partial charge on any atom is -0.508 e. The molecule has 2 nitrogen and oxygen atoms in total. The van der Waals surface area contributed by atoms with Crippen LogP contribution in [-0.4, -0.2) is 10.2 Å². The Morgan fingerprint density at radius 1 is 0.826 bits per heavy atom. The molecule has 0 aliphatic rings. The van der Waals surface area contributed by atoms with E-state index in [1.807, 2.05) is 12.1 Å². The van der Waals surface area contributed by atoms with E-state index in [4.69, 9.17) is 0 Å². The maximum Gasteiger partial charge on any atom is 0.122 e. The average Bonchev–Trinajstić information content (AvgIpc) is 2.50. The summed E-state index contributed by atoms with van der Waals surface area (Å²) in [7, 11) is 0. The van der Waals surface area contributed by atoms with Gasteiger partial charge in [0.25, 0.3) is 0 Å². The van der Waals surface area contributed by atoms with Crippen LogP contribution in [-0.2, 0) is 24.7 Å². The van der Waals surface area contributed by atoms with Crippen molar-refractivity contribution in [3.8, 4) is 11.5 Å². The molecule has 0 bridgehead atoms. The number of aromatic hydroxyl groups is 2. The van der Waals surface area contributed by atoms with E-state index in [0.29, 0.717) is 17.9 Å². The van der Waals surface area contributed by atoms with Crippen LogP contribution in [0, 0.1) is 0 Å². The van der Waals surface area contributed by atoms with Crippen LogP contribution in [0.5, 0.6) is 11.5 Å². The Morgan fingerprint density at radius 2 is 1.43 bits per heavy atom. The van der Waals surface area contributed by atoms with E-state index in [-0.39, 0.29) is 5.41 Å². The molecule has 2 N–H and O–H groups in total. The zero-order valence-corrected chi connectivity index (χ0v) is 14.9. The van der Waals surface area contributed by atoms with Crippen molar-refractivity contribution >= 4 is 0 Å². The van der Waals surface area contributed by atoms with Crippen LogP contribution in [0.4, 0.5) is 0 Å². The molecular formula is C21H28O2. The minimum absolute atomic E-state index is 0.114. The molecule has 2 heteroatoms. The van der Waals surface area contributed by atoms with Gasteiger partial charge in [-0.05, 0) is 52.1 Å². The molecule has 2 rings (SSSR count). The number of aryl methyl sites for hydroxylation is 2. The van der Waals surface area contributed by atoms with Crippen LogP contribution < -0.4 is 0 Å². The standard InChI is InChI=1S/C21H28O2/c1-6-14-8-9-19(22)16(10-14)13-17-11-15(7-2)12-18(20(17)23)21(3,4)5/h8-12,22-23H,6-7,13H2,1-5H3. The van der Waals surface area contributed by atoms with Crippen LogP contribution in [0.15, 0.2) is 30.3 Å². The van der Waals surface area contributed by atoms with Gasteiger partial charge in [0.05, 0.1) is 0 Å². The molecule has 0 spiro atoms. The van der Waals surface area contributed by atoms with E-state index < -0.39 is 0 Å². The number of phenolic OH excluding ortho intramolecular Hbond substituents is 2. The lowest BCUT2D eigenvalue weighted by atomic mass is 9.83. The second-order valence-corrected chi connectivity index (χ2v) is 7.25. The summed E-state index contributed by atoms with van der Waals surface area (Å²) in [5, 5.41) is 20.9. The van der Waals surface area contributed by atoms with Crippen LogP contribution in [0.2, 0.25) is 0 Å². The highest BCUT2D eigenvalue weighted by molar-refractivity contribution is 5.50. The number of phenols is 2. The highest BCUT2D eigenvalue weighted by Crippen LogP contribution is 2.36. The minimum atomic E-state index is -0.114. The van der Waals surface area contributed by atoms with Gasteiger partial charge in [0.15, 0.2) is 0 Å². The number of rotatable bonds is 4. The molecular weight excluding hydrogens is 284 g/mol. The van der Waals surface area contributed by atoms with Crippen LogP contribution >= 0.6 is 0 Å². The van der Waals surface area contributed by atoms with E-state index in [0.717, 1.165) is 29.5 Å². The van der Waals surface area contributed by atoms with E-state index in [9.17, 15) is 10.2 Å². The summed E-state index contributed by atoms with van der Waals surface area (Å²) in [6.45, 7) is 10.6. The molecule has 0 aromatic heterocycles. The Balaban J connectivity index is 2.51. The first-order valence-electron chi connectivity index (χ1n) is 8.42. The number of hydrogen-bond acceptors (Lipinski definition) is 2. The second kappa shape index (κ2) is 6.66. The van der Waals surface area contributed by atoms with Gasteiger partial charge in [-0.1, -0.05) is 58.9 Å². The van der Waals surface area contributed by atoms with Crippen molar-refractivity contribution in [1.82, 2.24) is 0 Å². The van der Waals surface area contributed by atoms with Crippen molar-refractivity contribution in [2.75, 3.05) is 0 Å². The summed E-state index contributed by atoms with van der Waals surface area (Å²) in [6, 6.07) is 9.88. The lowest BCUT2D eigenvalue weighted by Gasteiger charge is -2.23. The Hall–Kier alpha value is -1.96. The molecule has 124 valence electrons. The van der Waals surface area contributed by atoms with Crippen molar-refractivity contribution in [2.45, 2.75) is 59.3 Å². The van der Waals surface area contributed by atoms with Crippen molar-refractivity contribution in [2.24, 2.45) is 0 Å². The lowest BCUT2D eigenvalue weighted by Crippen LogP contribution is -2.13. The van der Waals surface area contributed by atoms with Gasteiger partial charge in [-0.3, -0.25) is 0 Å². The van der Waals surface area contributed by atoms with E-state index >= 15 is 0 Å². The maximum atomic E-state index is 10.7. The molecule has 0 saturated carbocycles. The largest absolute Gasteiger partial charge is 0.508 e. The highest BCUT2D eigenvalue weighted by Gasteiger charge is 2.21. The predicted octanol–water partition coefficient (Wildman–Crippen LogP) is 5.11. The molecule has 0 aliphatic heterocycles. The fourth-order valence-corrected chi connectivity index (χ4v) is 2.88. The van der Waals surface area contributed by atoms with Crippen LogP contribution in [0.3, 0.4) is 0 Å². The van der Waals surface area contributed by atoms with Gasteiger partial charge in [0.1, 0.15) is 11.5 Å². The SMILES string of the molecule is CCc1ccc(O)c(Cc2cc(CC)cc(C(C)(C)C)c2O)c1. The summed E-state index contributed by atoms with van der Waals surface area (Å²) in [6.07, 6.45) is 2.40. The monoisotopic (exact) mass is 312 g/mol. The zero-order chi connectivity index (χ0) is 17.2. The fraction of sp³-hybridized carbons (Fsp3) is 0.429. The van der Waals surface area contributed by atoms with Gasteiger partial charge in [-0.25, -0.2) is 0 Å². The summed E-state index contributed by atoms with van der Waals surface area (Å²) in [4.78, 5) is 0. The quantitative estimate of drug-likeness (QED) is 0.823. The summed E-state index contributed by atoms with van der Waals surface area (Å²) in [5.41, 5.74) is 5.02. The number of hydrogen-bond donors (Lipinski definition) is 2. The molecule has 0 aliphatic carbocycles. The predicted molar refractivity (Wildman–Crippen MR) is 96.5 cm³/mol.